The summed E-state index contributed by atoms with van der Waals surface area (Å²) < 4.78 is 86.7. The number of phenolic OH excluding ortho intramolecular Hbond substituents is 2. The standard InChI is InChI=1S/C22H16N6O11S4.C10H11N3O/c23-10-1-3-12(14(7-10)40-32)24-26-19-15(41-33)5-9-6-17(43(37,38)39)20(22(30)18(9)21(19)29)27-25-13-4-2-11(28-31)8-16(13)42(34,35)36;1-7-9(11)10(14)13(12-7)8-5-3-2-4-6-8/h1-8,29-30,32-33H,23H2,(H,34,35,36)(H,37,38,39);2-6,9H,11H2,1H3/p+1. The van der Waals surface area contributed by atoms with Crippen molar-refractivity contribution in [2.24, 2.45) is 31.4 Å². The van der Waals surface area contributed by atoms with E-state index in [0.717, 1.165) is 30.0 Å². The Balaban J connectivity index is 0.000000370. The third-order valence-electron chi connectivity index (χ3n) is 7.79. The lowest BCUT2D eigenvalue weighted by Gasteiger charge is -2.11. The first-order valence-corrected chi connectivity index (χ1v) is 19.9. The Labute approximate surface area is 330 Å². The second kappa shape index (κ2) is 17.1. The topological polar surface area (TPSA) is 355 Å². The number of nitrogens with one attached hydrogen (secondary N) is 1. The van der Waals surface area contributed by atoms with E-state index < -0.39 is 70.0 Å². The molecule has 1 aliphatic heterocycles. The Bertz CT molecular complexity index is 2740. The number of hydrogen-bond acceptors (Lipinski definition) is 19. The largest absolute Gasteiger partial charge is 0.505 e. The van der Waals surface area contributed by atoms with Crippen molar-refractivity contribution in [3.8, 4) is 11.5 Å². The van der Waals surface area contributed by atoms with Crippen LogP contribution in [0.2, 0.25) is 0 Å². The monoisotopic (exact) mass is 858 g/mol. The van der Waals surface area contributed by atoms with Gasteiger partial charge >= 0.3 is 0 Å². The van der Waals surface area contributed by atoms with Crippen molar-refractivity contribution in [2.75, 3.05) is 10.7 Å². The minimum atomic E-state index is -5.16. The van der Waals surface area contributed by atoms with Crippen LogP contribution in [0.3, 0.4) is 0 Å². The Morgan fingerprint density at radius 2 is 1.47 bits per heavy atom. The number of carbonyl (C=O) groups excluding carboxylic acids is 1. The maximum Gasteiger partial charge on any atom is 0.296 e. The van der Waals surface area contributed by atoms with Crippen LogP contribution in [0.4, 0.5) is 39.8 Å². The molecule has 0 fully saturated rings. The third-order valence-corrected chi connectivity index (χ3v) is 10.6. The second-order valence-electron chi connectivity index (χ2n) is 11.5. The van der Waals surface area contributed by atoms with Crippen molar-refractivity contribution in [1.29, 1.82) is 0 Å². The first kappa shape index (κ1) is 42.2. The quantitative estimate of drug-likeness (QED) is 0.0209. The number of carbonyl (C=O) groups is 1. The number of nitrogen functional groups attached to an aromatic ring is 1. The summed E-state index contributed by atoms with van der Waals surface area (Å²) in [5.74, 6) is -2.03. The first-order chi connectivity index (χ1) is 26.9. The zero-order valence-electron chi connectivity index (χ0n) is 28.7. The SMILES string of the molecule is CC1=NN(c2ccccc2)C(=O)C1N.Nc1ccc(N=[NH+]c2c(SO)cc3cc(S(=O)(=O)O)c(N=Nc4ccc(N=O)cc4S(=O)(=O)O)c(O)c3c2O)c(SO)c1. The molecule has 1 atom stereocenters. The van der Waals surface area contributed by atoms with Gasteiger partial charge in [0.2, 0.25) is 5.75 Å². The molecule has 0 spiro atoms. The molecule has 0 aromatic heterocycles. The van der Waals surface area contributed by atoms with Gasteiger partial charge in [0.1, 0.15) is 43.5 Å². The molecule has 11 N–H and O–H groups in total. The summed E-state index contributed by atoms with van der Waals surface area (Å²) in [6, 6.07) is 17.4. The van der Waals surface area contributed by atoms with Gasteiger partial charge in [-0.1, -0.05) is 23.3 Å². The molecule has 296 valence electrons. The van der Waals surface area contributed by atoms with Gasteiger partial charge in [-0.05, 0) is 83.3 Å². The van der Waals surface area contributed by atoms with Gasteiger partial charge in [-0.25, -0.2) is 0 Å². The van der Waals surface area contributed by atoms with E-state index in [9.17, 15) is 55.0 Å². The number of phenols is 2. The molecule has 21 nitrogen and oxygen atoms in total. The van der Waals surface area contributed by atoms with Crippen molar-refractivity contribution in [2.45, 2.75) is 32.5 Å². The zero-order valence-corrected chi connectivity index (χ0v) is 32.0. The fourth-order valence-corrected chi connectivity index (χ4v) is 7.15. The third kappa shape index (κ3) is 9.22. The summed E-state index contributed by atoms with van der Waals surface area (Å²) in [6.07, 6.45) is 0. The summed E-state index contributed by atoms with van der Waals surface area (Å²) in [5, 5.41) is 43.1. The van der Waals surface area contributed by atoms with Crippen LogP contribution >= 0.6 is 24.1 Å². The van der Waals surface area contributed by atoms with Crippen LogP contribution in [0, 0.1) is 4.91 Å². The molecule has 57 heavy (non-hydrogen) atoms. The van der Waals surface area contributed by atoms with E-state index >= 15 is 0 Å². The number of hydrazone groups is 1. The normalized spacial score (nSPS) is 14.6. The Morgan fingerprint density at radius 3 is 2.05 bits per heavy atom. The van der Waals surface area contributed by atoms with Crippen molar-refractivity contribution in [1.82, 2.24) is 0 Å². The summed E-state index contributed by atoms with van der Waals surface area (Å²) in [7, 11) is -10.2. The van der Waals surface area contributed by atoms with Crippen LogP contribution in [0.25, 0.3) is 10.8 Å². The van der Waals surface area contributed by atoms with Gasteiger partial charge < -0.3 is 30.8 Å². The van der Waals surface area contributed by atoms with Crippen LogP contribution in [0.15, 0.2) is 124 Å². The maximum atomic E-state index is 12.2. The average molecular weight is 859 g/mol. The fourth-order valence-electron chi connectivity index (χ4n) is 5.04. The summed E-state index contributed by atoms with van der Waals surface area (Å²) >= 11 is 0.436. The highest BCUT2D eigenvalue weighted by atomic mass is 32.2. The Morgan fingerprint density at radius 1 is 0.825 bits per heavy atom. The molecule has 1 heterocycles. The first-order valence-electron chi connectivity index (χ1n) is 15.5. The lowest BCUT2D eigenvalue weighted by atomic mass is 10.1. The number of fused-ring (bicyclic) bond motifs is 1. The number of para-hydroxylation sites is 1. The molecule has 6 rings (SSSR count). The molecule has 0 bridgehead atoms. The molecular weight excluding hydrogens is 831 g/mol. The number of aromatic hydroxyl groups is 2. The molecule has 25 heteroatoms. The van der Waals surface area contributed by atoms with Crippen molar-refractivity contribution in [3.63, 3.8) is 0 Å². The number of hydrogen-bond donors (Lipinski definition) is 9. The van der Waals surface area contributed by atoms with E-state index in [0.29, 0.717) is 29.5 Å². The molecular formula is C32H28N9O12S4+. The number of azo groups is 2. The van der Waals surface area contributed by atoms with E-state index in [2.05, 4.69) is 30.7 Å². The van der Waals surface area contributed by atoms with Crippen molar-refractivity contribution < 1.29 is 55.2 Å². The van der Waals surface area contributed by atoms with Crippen molar-refractivity contribution >= 4 is 107 Å². The van der Waals surface area contributed by atoms with Gasteiger partial charge in [0.05, 0.1) is 21.7 Å². The Kier molecular flexibility index (Phi) is 12.7. The number of nitrogens with two attached hydrogens (primary N) is 2. The molecule has 0 saturated carbocycles. The summed E-state index contributed by atoms with van der Waals surface area (Å²) in [4.78, 5) is 20.5. The van der Waals surface area contributed by atoms with Crippen LogP contribution in [0.5, 0.6) is 11.5 Å². The van der Waals surface area contributed by atoms with Crippen LogP contribution < -0.4 is 21.6 Å². The number of nitroso groups, excluding NO2 is 1. The molecule has 1 unspecified atom stereocenters. The van der Waals surface area contributed by atoms with E-state index in [1.54, 1.807) is 6.92 Å². The van der Waals surface area contributed by atoms with Crippen LogP contribution in [-0.2, 0) is 25.0 Å². The lowest BCUT2D eigenvalue weighted by Crippen LogP contribution is -2.57. The van der Waals surface area contributed by atoms with Gasteiger partial charge in [0.25, 0.3) is 31.8 Å². The second-order valence-corrected chi connectivity index (χ2v) is 15.5. The molecule has 5 aromatic rings. The minimum Gasteiger partial charge on any atom is -0.505 e. The van der Waals surface area contributed by atoms with E-state index in [1.807, 2.05) is 30.3 Å². The highest BCUT2D eigenvalue weighted by Crippen LogP contribution is 2.48. The summed E-state index contributed by atoms with van der Waals surface area (Å²) in [6.45, 7) is 1.76. The molecule has 0 radical (unpaired) electrons. The number of anilines is 2. The van der Waals surface area contributed by atoms with E-state index in [-0.39, 0.29) is 44.5 Å². The van der Waals surface area contributed by atoms with Crippen LogP contribution in [-0.4, -0.2) is 62.9 Å². The smallest absolute Gasteiger partial charge is 0.296 e. The zero-order chi connectivity index (χ0) is 41.8. The highest BCUT2D eigenvalue weighted by Gasteiger charge is 2.31. The number of benzene rings is 5. The molecule has 0 saturated heterocycles. The average Bonchev–Trinajstić information content (AvgIpc) is 3.43. The lowest BCUT2D eigenvalue weighted by molar-refractivity contribution is -0.437. The predicted octanol–water partition coefficient (Wildman–Crippen LogP) is 5.50. The Hall–Kier alpha value is -5.90. The van der Waals surface area contributed by atoms with E-state index in [1.165, 1.54) is 23.2 Å². The van der Waals surface area contributed by atoms with E-state index in [4.69, 9.17) is 11.5 Å². The number of amides is 1. The molecule has 0 aliphatic carbocycles. The maximum absolute atomic E-state index is 12.2. The summed E-state index contributed by atoms with van der Waals surface area (Å²) in [5.41, 5.74) is 10.9. The predicted molar refractivity (Wildman–Crippen MR) is 209 cm³/mol. The number of rotatable bonds is 10. The highest BCUT2D eigenvalue weighted by molar-refractivity contribution is 7.94. The van der Waals surface area contributed by atoms with Gasteiger partial charge in [-0.3, -0.25) is 13.9 Å². The minimum absolute atomic E-state index is 0.107. The number of nitrogens with zero attached hydrogens (tertiary/aromatic N) is 6. The molecule has 1 aliphatic rings. The van der Waals surface area contributed by atoms with Crippen molar-refractivity contribution in [3.05, 3.63) is 83.8 Å². The fraction of sp³-hybridized carbons (Fsp3) is 0.0625. The van der Waals surface area contributed by atoms with Crippen LogP contribution in [0.1, 0.15) is 6.92 Å². The van der Waals surface area contributed by atoms with Gasteiger partial charge in [-0.2, -0.15) is 26.9 Å². The van der Waals surface area contributed by atoms with Gasteiger partial charge in [-0.15, -0.1) is 15.1 Å². The molecule has 1 amide bonds. The van der Waals surface area contributed by atoms with Gasteiger partial charge in [0, 0.05) is 29.8 Å². The molecule has 5 aromatic carbocycles. The van der Waals surface area contributed by atoms with Gasteiger partial charge in [0.15, 0.2) is 5.75 Å².